The van der Waals surface area contributed by atoms with E-state index in [1.165, 1.54) is 0 Å². The van der Waals surface area contributed by atoms with Crippen molar-refractivity contribution in [3.05, 3.63) is 0 Å². The van der Waals surface area contributed by atoms with Crippen molar-refractivity contribution in [3.8, 4) is 0 Å². The summed E-state index contributed by atoms with van der Waals surface area (Å²) in [7, 11) is 0. The SMILES string of the molecule is NCCCCC(NC(=O)C(N)CCC(=O)O)C(=O)NC(CCCCN)C(=O)NC(CS)C(=O)O. The van der Waals surface area contributed by atoms with Gasteiger partial charge in [0, 0.05) is 12.2 Å². The van der Waals surface area contributed by atoms with Crippen LogP contribution in [0.2, 0.25) is 0 Å². The zero-order valence-electron chi connectivity index (χ0n) is 19.2. The van der Waals surface area contributed by atoms with Gasteiger partial charge in [-0.1, -0.05) is 0 Å². The average molecular weight is 507 g/mol. The van der Waals surface area contributed by atoms with Crippen molar-refractivity contribution in [2.75, 3.05) is 18.8 Å². The molecule has 0 aliphatic rings. The third-order valence-corrected chi connectivity index (χ3v) is 5.33. The van der Waals surface area contributed by atoms with Gasteiger partial charge >= 0.3 is 11.9 Å². The maximum Gasteiger partial charge on any atom is 0.327 e. The van der Waals surface area contributed by atoms with Crippen molar-refractivity contribution in [3.63, 3.8) is 0 Å². The number of carbonyl (C=O) groups excluding carboxylic acids is 3. The quantitative estimate of drug-likeness (QED) is 0.0683. The van der Waals surface area contributed by atoms with Gasteiger partial charge in [0.05, 0.1) is 6.04 Å². The van der Waals surface area contributed by atoms with E-state index >= 15 is 0 Å². The van der Waals surface area contributed by atoms with Crippen LogP contribution in [-0.2, 0) is 24.0 Å². The highest BCUT2D eigenvalue weighted by molar-refractivity contribution is 7.80. The third kappa shape index (κ3) is 13.3. The Kier molecular flexibility index (Phi) is 16.7. The molecule has 0 aliphatic carbocycles. The molecule has 0 radical (unpaired) electrons. The molecule has 4 atom stereocenters. The predicted octanol–water partition coefficient (Wildman–Crippen LogP) is -2.09. The highest BCUT2D eigenvalue weighted by Gasteiger charge is 2.29. The van der Waals surface area contributed by atoms with Gasteiger partial charge in [-0.2, -0.15) is 12.6 Å². The number of amides is 3. The van der Waals surface area contributed by atoms with Gasteiger partial charge in [0.1, 0.15) is 18.1 Å². The number of nitrogens with one attached hydrogen (secondary N) is 3. The van der Waals surface area contributed by atoms with Gasteiger partial charge in [0.2, 0.25) is 17.7 Å². The Balaban J connectivity index is 5.40. The molecule has 34 heavy (non-hydrogen) atoms. The molecule has 196 valence electrons. The maximum absolute atomic E-state index is 13.0. The lowest BCUT2D eigenvalue weighted by Crippen LogP contribution is -2.57. The third-order valence-electron chi connectivity index (χ3n) is 4.96. The number of aliphatic carboxylic acids is 2. The van der Waals surface area contributed by atoms with Gasteiger partial charge in [0.15, 0.2) is 0 Å². The molecule has 4 unspecified atom stereocenters. The Labute approximate surface area is 204 Å². The van der Waals surface area contributed by atoms with Gasteiger partial charge in [-0.15, -0.1) is 0 Å². The molecule has 0 saturated carbocycles. The van der Waals surface area contributed by atoms with Crippen molar-refractivity contribution in [1.29, 1.82) is 0 Å². The summed E-state index contributed by atoms with van der Waals surface area (Å²) in [5.74, 6) is -4.56. The molecule has 0 spiro atoms. The first-order valence-electron chi connectivity index (χ1n) is 11.2. The van der Waals surface area contributed by atoms with Crippen molar-refractivity contribution < 1.29 is 34.2 Å². The second-order valence-corrected chi connectivity index (χ2v) is 8.18. The lowest BCUT2D eigenvalue weighted by Gasteiger charge is -2.25. The van der Waals surface area contributed by atoms with E-state index in [0.717, 1.165) is 0 Å². The maximum atomic E-state index is 13.0. The molecule has 0 bridgehead atoms. The fraction of sp³-hybridized carbons (Fsp3) is 0.750. The molecule has 3 amide bonds. The molecule has 0 saturated heterocycles. The summed E-state index contributed by atoms with van der Waals surface area (Å²) in [6, 6.07) is -4.47. The van der Waals surface area contributed by atoms with Crippen LogP contribution >= 0.6 is 12.6 Å². The van der Waals surface area contributed by atoms with Crippen LogP contribution in [0.5, 0.6) is 0 Å². The van der Waals surface area contributed by atoms with Gasteiger partial charge in [-0.3, -0.25) is 19.2 Å². The number of carboxylic acids is 2. The standard InChI is InChI=1S/C20H38N6O7S/c21-9-3-1-5-13(24-17(29)12(23)7-8-16(27)28)18(30)25-14(6-2-4-10-22)19(31)26-15(11-34)20(32)33/h12-15,34H,1-11,21-23H2,(H,24,29)(H,25,30)(H,26,31)(H,27,28)(H,32,33). The minimum absolute atomic E-state index is 0.108. The van der Waals surface area contributed by atoms with E-state index in [1.807, 2.05) is 0 Å². The lowest BCUT2D eigenvalue weighted by molar-refractivity contribution is -0.141. The number of rotatable bonds is 19. The molecule has 0 fully saturated rings. The van der Waals surface area contributed by atoms with Gasteiger partial charge in [-0.05, 0) is 58.0 Å². The lowest BCUT2D eigenvalue weighted by atomic mass is 10.0. The molecular weight excluding hydrogens is 468 g/mol. The first-order chi connectivity index (χ1) is 16.1. The van der Waals surface area contributed by atoms with Gasteiger partial charge in [0.25, 0.3) is 0 Å². The summed E-state index contributed by atoms with van der Waals surface area (Å²) >= 11 is 3.91. The molecule has 0 aliphatic heterocycles. The number of carboxylic acid groups (broad SMARTS) is 2. The Hall–Kier alpha value is -2.42. The van der Waals surface area contributed by atoms with Crippen LogP contribution in [0.15, 0.2) is 0 Å². The van der Waals surface area contributed by atoms with E-state index in [2.05, 4.69) is 28.6 Å². The summed E-state index contributed by atoms with van der Waals surface area (Å²) in [6.07, 6.45) is 2.18. The van der Waals surface area contributed by atoms with E-state index in [1.54, 1.807) is 0 Å². The van der Waals surface area contributed by atoms with Crippen LogP contribution < -0.4 is 33.2 Å². The number of thiol groups is 1. The minimum Gasteiger partial charge on any atom is -0.481 e. The summed E-state index contributed by atoms with van der Waals surface area (Å²) in [4.78, 5) is 60.0. The summed E-state index contributed by atoms with van der Waals surface area (Å²) < 4.78 is 0. The number of hydrogen-bond acceptors (Lipinski definition) is 9. The predicted molar refractivity (Wildman–Crippen MR) is 128 cm³/mol. The molecule has 0 aromatic carbocycles. The zero-order chi connectivity index (χ0) is 26.1. The molecule has 14 heteroatoms. The second-order valence-electron chi connectivity index (χ2n) is 7.81. The van der Waals surface area contributed by atoms with Crippen molar-refractivity contribution in [1.82, 2.24) is 16.0 Å². The summed E-state index contributed by atoms with van der Waals surface area (Å²) in [5, 5.41) is 25.3. The van der Waals surface area contributed by atoms with Gasteiger partial charge < -0.3 is 43.4 Å². The highest BCUT2D eigenvalue weighted by Crippen LogP contribution is 2.07. The number of carbonyl (C=O) groups is 5. The largest absolute Gasteiger partial charge is 0.481 e. The van der Waals surface area contributed by atoms with Crippen molar-refractivity contribution >= 4 is 42.3 Å². The van der Waals surface area contributed by atoms with E-state index in [0.29, 0.717) is 38.8 Å². The second kappa shape index (κ2) is 18.0. The molecule has 0 heterocycles. The van der Waals surface area contributed by atoms with Crippen molar-refractivity contribution in [2.45, 2.75) is 75.5 Å². The fourth-order valence-corrected chi connectivity index (χ4v) is 3.19. The number of hydrogen-bond donors (Lipinski definition) is 9. The van der Waals surface area contributed by atoms with Crippen LogP contribution in [-0.4, -0.2) is 82.9 Å². The van der Waals surface area contributed by atoms with Crippen LogP contribution in [0.3, 0.4) is 0 Å². The Morgan fingerprint density at radius 1 is 0.706 bits per heavy atom. The normalized spacial score (nSPS) is 14.4. The average Bonchev–Trinajstić information content (AvgIpc) is 2.79. The molecule has 13 nitrogen and oxygen atoms in total. The number of unbranched alkanes of at least 4 members (excludes halogenated alkanes) is 2. The van der Waals surface area contributed by atoms with E-state index in [9.17, 15) is 24.0 Å². The first kappa shape index (κ1) is 31.6. The summed E-state index contributed by atoms with van der Waals surface area (Å²) in [5.41, 5.74) is 16.7. The Bertz CT molecular complexity index is 682. The Morgan fingerprint density at radius 3 is 1.53 bits per heavy atom. The topological polar surface area (TPSA) is 240 Å². The molecule has 0 aromatic rings. The zero-order valence-corrected chi connectivity index (χ0v) is 20.1. The molecule has 0 rings (SSSR count). The smallest absolute Gasteiger partial charge is 0.327 e. The van der Waals surface area contributed by atoms with E-state index in [-0.39, 0.29) is 31.4 Å². The van der Waals surface area contributed by atoms with Crippen molar-refractivity contribution in [2.24, 2.45) is 17.2 Å². The van der Waals surface area contributed by atoms with Crippen LogP contribution in [0, 0.1) is 0 Å². The van der Waals surface area contributed by atoms with E-state index < -0.39 is 53.8 Å². The fourth-order valence-electron chi connectivity index (χ4n) is 2.94. The van der Waals surface area contributed by atoms with E-state index in [4.69, 9.17) is 27.4 Å². The molecule has 11 N–H and O–H groups in total. The van der Waals surface area contributed by atoms with Crippen LogP contribution in [0.4, 0.5) is 0 Å². The Morgan fingerprint density at radius 2 is 1.15 bits per heavy atom. The highest BCUT2D eigenvalue weighted by atomic mass is 32.1. The minimum atomic E-state index is -1.27. The van der Waals surface area contributed by atoms with Crippen LogP contribution in [0.25, 0.3) is 0 Å². The first-order valence-corrected chi connectivity index (χ1v) is 11.8. The van der Waals surface area contributed by atoms with Gasteiger partial charge in [-0.25, -0.2) is 4.79 Å². The monoisotopic (exact) mass is 506 g/mol. The molecule has 0 aromatic heterocycles. The number of nitrogens with two attached hydrogens (primary N) is 3. The summed E-state index contributed by atoms with van der Waals surface area (Å²) in [6.45, 7) is 0.757. The van der Waals surface area contributed by atoms with Crippen LogP contribution in [0.1, 0.15) is 51.4 Å². The molecular formula is C20H38N6O7S.